The molecule has 2 rings (SSSR count). The van der Waals surface area contributed by atoms with Gasteiger partial charge in [-0.3, -0.25) is 0 Å². The van der Waals surface area contributed by atoms with Crippen LogP contribution in [0.25, 0.3) is 0 Å². The Morgan fingerprint density at radius 1 is 1.57 bits per heavy atom. The number of hydrogen-bond donors (Lipinski definition) is 2. The van der Waals surface area contributed by atoms with E-state index >= 15 is 0 Å². The van der Waals surface area contributed by atoms with Crippen LogP contribution < -0.4 is 15.2 Å². The van der Waals surface area contributed by atoms with Crippen molar-refractivity contribution in [3.63, 3.8) is 0 Å². The highest BCUT2D eigenvalue weighted by atomic mass is 16.5. The van der Waals surface area contributed by atoms with Gasteiger partial charge < -0.3 is 20.3 Å². The van der Waals surface area contributed by atoms with Gasteiger partial charge in [0.15, 0.2) is 0 Å². The van der Waals surface area contributed by atoms with Gasteiger partial charge >= 0.3 is 0 Å². The van der Waals surface area contributed by atoms with E-state index in [0.717, 1.165) is 0 Å². The van der Waals surface area contributed by atoms with E-state index in [2.05, 4.69) is 0 Å². The molecule has 2 unspecified atom stereocenters. The van der Waals surface area contributed by atoms with Crippen molar-refractivity contribution >= 4 is 0 Å². The Bertz CT molecular complexity index is 340. The lowest BCUT2D eigenvalue weighted by Gasteiger charge is -2.27. The van der Waals surface area contributed by atoms with E-state index < -0.39 is 6.10 Å². The highest BCUT2D eigenvalue weighted by Gasteiger charge is 2.26. The molecule has 0 amide bonds. The van der Waals surface area contributed by atoms with Gasteiger partial charge in [-0.2, -0.15) is 0 Å². The van der Waals surface area contributed by atoms with Gasteiger partial charge in [0.2, 0.25) is 0 Å². The van der Waals surface area contributed by atoms with Crippen LogP contribution in [0.2, 0.25) is 0 Å². The van der Waals surface area contributed by atoms with Crippen LogP contribution in [0.5, 0.6) is 11.5 Å². The number of benzene rings is 1. The minimum Gasteiger partial charge on any atom is -0.497 e. The minimum absolute atomic E-state index is 0.348. The fraction of sp³-hybridized carbons (Fsp3) is 0.400. The van der Waals surface area contributed by atoms with Crippen LogP contribution in [-0.2, 0) is 0 Å². The summed E-state index contributed by atoms with van der Waals surface area (Å²) < 4.78 is 10.4. The van der Waals surface area contributed by atoms with Gasteiger partial charge in [-0.15, -0.1) is 0 Å². The van der Waals surface area contributed by atoms with Crippen molar-refractivity contribution in [3.05, 3.63) is 23.8 Å². The number of hydrogen-bond acceptors (Lipinski definition) is 4. The zero-order chi connectivity index (χ0) is 10.1. The lowest BCUT2D eigenvalue weighted by molar-refractivity contribution is 0.0912. The summed E-state index contributed by atoms with van der Waals surface area (Å²) >= 11 is 0. The number of methoxy groups -OCH3 is 1. The number of fused-ring (bicyclic) bond motifs is 1. The molecule has 0 saturated heterocycles. The third-order valence-electron chi connectivity index (χ3n) is 2.37. The molecule has 76 valence electrons. The van der Waals surface area contributed by atoms with E-state index in [0.29, 0.717) is 23.7 Å². The quantitative estimate of drug-likeness (QED) is 0.682. The first kappa shape index (κ1) is 9.30. The maximum absolute atomic E-state index is 9.79. The Labute approximate surface area is 82.2 Å². The van der Waals surface area contributed by atoms with Crippen molar-refractivity contribution in [3.8, 4) is 11.5 Å². The minimum atomic E-state index is -0.672. The summed E-state index contributed by atoms with van der Waals surface area (Å²) in [5.74, 6) is 1.38. The number of rotatable bonds is 1. The highest BCUT2D eigenvalue weighted by Crippen LogP contribution is 2.33. The van der Waals surface area contributed by atoms with Gasteiger partial charge in [0.25, 0.3) is 0 Å². The molecular formula is C10H13NO3. The van der Waals surface area contributed by atoms with Crippen molar-refractivity contribution in [2.75, 3.05) is 13.7 Å². The largest absolute Gasteiger partial charge is 0.497 e. The van der Waals surface area contributed by atoms with Crippen molar-refractivity contribution in [1.82, 2.24) is 0 Å². The van der Waals surface area contributed by atoms with Crippen LogP contribution in [0.15, 0.2) is 18.2 Å². The van der Waals surface area contributed by atoms with E-state index in [4.69, 9.17) is 15.2 Å². The van der Waals surface area contributed by atoms with Crippen LogP contribution in [0, 0.1) is 0 Å². The lowest BCUT2D eigenvalue weighted by atomic mass is 10.00. The Kier molecular flexibility index (Phi) is 2.31. The van der Waals surface area contributed by atoms with Gasteiger partial charge in [-0.1, -0.05) is 0 Å². The highest BCUT2D eigenvalue weighted by molar-refractivity contribution is 5.43. The molecule has 4 nitrogen and oxygen atoms in total. The molecule has 3 N–H and O–H groups in total. The summed E-state index contributed by atoms with van der Waals surface area (Å²) in [4.78, 5) is 0. The maximum atomic E-state index is 9.79. The molecule has 14 heavy (non-hydrogen) atoms. The molecular weight excluding hydrogens is 182 g/mol. The third kappa shape index (κ3) is 1.42. The zero-order valence-electron chi connectivity index (χ0n) is 7.93. The molecule has 0 spiro atoms. The van der Waals surface area contributed by atoms with E-state index in [1.54, 1.807) is 25.3 Å². The zero-order valence-corrected chi connectivity index (χ0v) is 7.93. The number of aliphatic hydroxyl groups is 1. The second-order valence-electron chi connectivity index (χ2n) is 3.32. The van der Waals surface area contributed by atoms with Crippen LogP contribution in [0.1, 0.15) is 11.7 Å². The molecule has 1 aromatic carbocycles. The van der Waals surface area contributed by atoms with Crippen LogP contribution in [-0.4, -0.2) is 24.9 Å². The summed E-state index contributed by atoms with van der Waals surface area (Å²) in [6, 6.07) is 4.96. The van der Waals surface area contributed by atoms with Gasteiger partial charge in [-0.05, 0) is 18.2 Å². The summed E-state index contributed by atoms with van der Waals surface area (Å²) in [6.07, 6.45) is -0.672. The van der Waals surface area contributed by atoms with Crippen molar-refractivity contribution in [2.24, 2.45) is 5.73 Å². The fourth-order valence-corrected chi connectivity index (χ4v) is 1.52. The molecule has 4 heteroatoms. The first-order chi connectivity index (χ1) is 6.72. The second-order valence-corrected chi connectivity index (χ2v) is 3.32. The van der Waals surface area contributed by atoms with E-state index in [1.807, 2.05) is 0 Å². The summed E-state index contributed by atoms with van der Waals surface area (Å²) in [6.45, 7) is 0.348. The van der Waals surface area contributed by atoms with Crippen LogP contribution in [0.4, 0.5) is 0 Å². The average Bonchev–Trinajstić information content (AvgIpc) is 2.23. The normalized spacial score (nSPS) is 25.1. The predicted molar refractivity (Wildman–Crippen MR) is 51.4 cm³/mol. The Balaban J connectivity index is 2.41. The lowest BCUT2D eigenvalue weighted by Crippen LogP contribution is -2.38. The molecule has 2 atom stereocenters. The van der Waals surface area contributed by atoms with E-state index in [1.165, 1.54) is 0 Å². The first-order valence-electron chi connectivity index (χ1n) is 4.46. The average molecular weight is 195 g/mol. The van der Waals surface area contributed by atoms with E-state index in [-0.39, 0.29) is 6.04 Å². The SMILES string of the molecule is COc1ccc2c(c1)C(O)C(N)CO2. The molecule has 0 saturated carbocycles. The smallest absolute Gasteiger partial charge is 0.125 e. The van der Waals surface area contributed by atoms with Gasteiger partial charge in [-0.25, -0.2) is 0 Å². The molecule has 0 radical (unpaired) electrons. The third-order valence-corrected chi connectivity index (χ3v) is 2.37. The molecule has 1 heterocycles. The summed E-state index contributed by atoms with van der Waals surface area (Å²) in [5, 5.41) is 9.79. The Morgan fingerprint density at radius 3 is 3.07 bits per heavy atom. The van der Waals surface area contributed by atoms with Crippen molar-refractivity contribution < 1.29 is 14.6 Å². The standard InChI is InChI=1S/C10H13NO3/c1-13-6-2-3-9-7(4-6)10(12)8(11)5-14-9/h2-4,8,10,12H,5,11H2,1H3. The van der Waals surface area contributed by atoms with Gasteiger partial charge in [0.05, 0.1) is 13.2 Å². The molecule has 1 aromatic rings. The van der Waals surface area contributed by atoms with Gasteiger partial charge in [0.1, 0.15) is 24.2 Å². The number of aliphatic hydroxyl groups excluding tert-OH is 1. The van der Waals surface area contributed by atoms with Crippen molar-refractivity contribution in [2.45, 2.75) is 12.1 Å². The molecule has 0 aromatic heterocycles. The predicted octanol–water partition coefficient (Wildman–Crippen LogP) is 0.448. The summed E-state index contributed by atoms with van der Waals surface area (Å²) in [7, 11) is 1.58. The van der Waals surface area contributed by atoms with Crippen LogP contribution >= 0.6 is 0 Å². The fourth-order valence-electron chi connectivity index (χ4n) is 1.52. The van der Waals surface area contributed by atoms with Crippen molar-refractivity contribution in [1.29, 1.82) is 0 Å². The maximum Gasteiger partial charge on any atom is 0.125 e. The first-order valence-corrected chi connectivity index (χ1v) is 4.46. The molecule has 0 fully saturated rings. The molecule has 0 bridgehead atoms. The topological polar surface area (TPSA) is 64.7 Å². The number of nitrogens with two attached hydrogens (primary N) is 1. The monoisotopic (exact) mass is 195 g/mol. The second kappa shape index (κ2) is 3.48. The molecule has 1 aliphatic heterocycles. The molecule has 0 aliphatic carbocycles. The number of ether oxygens (including phenoxy) is 2. The molecule has 1 aliphatic rings. The van der Waals surface area contributed by atoms with E-state index in [9.17, 15) is 5.11 Å². The Morgan fingerprint density at radius 2 is 2.36 bits per heavy atom. The summed E-state index contributed by atoms with van der Waals surface area (Å²) in [5.41, 5.74) is 6.37. The van der Waals surface area contributed by atoms with Gasteiger partial charge in [0, 0.05) is 5.56 Å². The van der Waals surface area contributed by atoms with Crippen LogP contribution in [0.3, 0.4) is 0 Å². The Hall–Kier alpha value is -1.26.